The number of benzene rings is 2. The van der Waals surface area contributed by atoms with Crippen LogP contribution in [0.25, 0.3) is 0 Å². The summed E-state index contributed by atoms with van der Waals surface area (Å²) in [6.07, 6.45) is 5.70. The number of nitro benzene ring substituents is 1. The molecule has 1 aliphatic rings. The summed E-state index contributed by atoms with van der Waals surface area (Å²) in [7, 11) is -4.05. The van der Waals surface area contributed by atoms with E-state index in [1.165, 1.54) is 10.4 Å². The maximum Gasteiger partial charge on any atom is 0.272 e. The van der Waals surface area contributed by atoms with Gasteiger partial charge in [0.2, 0.25) is 10.0 Å². The molecule has 2 aromatic carbocycles. The van der Waals surface area contributed by atoms with E-state index in [1.807, 2.05) is 29.2 Å². The second kappa shape index (κ2) is 12.5. The van der Waals surface area contributed by atoms with Crippen LogP contribution in [0.2, 0.25) is 5.02 Å². The van der Waals surface area contributed by atoms with E-state index in [-0.39, 0.29) is 29.2 Å². The van der Waals surface area contributed by atoms with Crippen LogP contribution in [0.3, 0.4) is 0 Å². The van der Waals surface area contributed by atoms with Gasteiger partial charge >= 0.3 is 0 Å². The Morgan fingerprint density at radius 2 is 1.77 bits per heavy atom. The molecule has 35 heavy (non-hydrogen) atoms. The highest BCUT2D eigenvalue weighted by molar-refractivity contribution is 9.09. The van der Waals surface area contributed by atoms with E-state index in [0.717, 1.165) is 11.6 Å². The molecule has 0 amide bonds. The minimum Gasteiger partial charge on any atom is -0.368 e. The van der Waals surface area contributed by atoms with E-state index in [1.54, 1.807) is 0 Å². The Morgan fingerprint density at radius 1 is 1.11 bits per heavy atom. The van der Waals surface area contributed by atoms with Gasteiger partial charge < -0.3 is 4.90 Å². The molecule has 0 bridgehead atoms. The predicted molar refractivity (Wildman–Crippen MR) is 146 cm³/mol. The number of non-ortho nitro benzene ring substituents is 1. The van der Waals surface area contributed by atoms with Gasteiger partial charge in [0, 0.05) is 73.6 Å². The molecule has 0 aliphatic carbocycles. The van der Waals surface area contributed by atoms with Crippen LogP contribution >= 0.6 is 43.5 Å². The number of rotatable bonds is 10. The zero-order valence-electron chi connectivity index (χ0n) is 18.9. The van der Waals surface area contributed by atoms with Gasteiger partial charge in [-0.3, -0.25) is 15.0 Å². The Hall–Kier alpha value is -1.68. The van der Waals surface area contributed by atoms with E-state index >= 15 is 0 Å². The lowest BCUT2D eigenvalue weighted by Gasteiger charge is -2.35. The smallest absolute Gasteiger partial charge is 0.272 e. The lowest BCUT2D eigenvalue weighted by Crippen LogP contribution is -2.48. The summed E-state index contributed by atoms with van der Waals surface area (Å²) in [5, 5.41) is 13.4. The zero-order valence-corrected chi connectivity index (χ0v) is 23.6. The third-order valence-corrected chi connectivity index (χ3v) is 8.55. The van der Waals surface area contributed by atoms with Gasteiger partial charge in [-0.2, -0.15) is 4.31 Å². The van der Waals surface area contributed by atoms with E-state index in [4.69, 9.17) is 18.0 Å². The van der Waals surface area contributed by atoms with E-state index in [0.29, 0.717) is 54.1 Å². The summed E-state index contributed by atoms with van der Waals surface area (Å²) in [5.74, 6) is 2.46. The SMILES string of the molecule is C#Cc1cc([N+](=O)[O-])cc(S(=O)(=O)N2CCN(Cc3cccc(Cl)c3)CC2)c1N(CCBr)CCBr. The van der Waals surface area contributed by atoms with Gasteiger partial charge in [0.15, 0.2) is 0 Å². The number of sulfonamides is 1. The minimum atomic E-state index is -4.05. The second-order valence-electron chi connectivity index (χ2n) is 7.92. The number of anilines is 1. The molecule has 1 heterocycles. The van der Waals surface area contributed by atoms with Gasteiger partial charge in [-0.15, -0.1) is 6.42 Å². The van der Waals surface area contributed by atoms with Gasteiger partial charge in [-0.25, -0.2) is 8.42 Å². The normalized spacial score (nSPS) is 15.0. The number of piperazine rings is 1. The topological polar surface area (TPSA) is 87.0 Å². The molecule has 0 saturated carbocycles. The number of hydrogen-bond donors (Lipinski definition) is 0. The average molecular weight is 649 g/mol. The maximum absolute atomic E-state index is 13.8. The maximum atomic E-state index is 13.8. The number of halogens is 3. The van der Waals surface area contributed by atoms with Crippen LogP contribution in [0.1, 0.15) is 11.1 Å². The fraction of sp³-hybridized carbons (Fsp3) is 0.391. The van der Waals surface area contributed by atoms with Gasteiger partial charge in [0.05, 0.1) is 16.2 Å². The van der Waals surface area contributed by atoms with Crippen molar-refractivity contribution in [3.8, 4) is 12.3 Å². The molecule has 1 fully saturated rings. The first-order chi connectivity index (χ1) is 16.7. The number of terminal acetylenes is 1. The quantitative estimate of drug-likeness (QED) is 0.165. The molecule has 0 N–H and O–H groups in total. The van der Waals surface area contributed by atoms with Crippen molar-refractivity contribution >= 4 is 64.9 Å². The van der Waals surface area contributed by atoms with Crippen molar-refractivity contribution in [3.63, 3.8) is 0 Å². The lowest BCUT2D eigenvalue weighted by atomic mass is 10.1. The first kappa shape index (κ1) is 27.9. The van der Waals surface area contributed by atoms with Gasteiger partial charge in [0.1, 0.15) is 4.90 Å². The van der Waals surface area contributed by atoms with Crippen LogP contribution in [0.15, 0.2) is 41.3 Å². The number of nitro groups is 1. The molecule has 2 aromatic rings. The molecular formula is C23H25Br2ClN4O4S. The third kappa shape index (κ3) is 6.76. The van der Waals surface area contributed by atoms with E-state index in [9.17, 15) is 18.5 Å². The Bertz CT molecular complexity index is 1210. The van der Waals surface area contributed by atoms with E-state index in [2.05, 4.69) is 42.7 Å². The van der Waals surface area contributed by atoms with Crippen LogP contribution in [0.5, 0.6) is 0 Å². The highest BCUT2D eigenvalue weighted by Gasteiger charge is 2.34. The molecule has 188 valence electrons. The number of hydrogen-bond acceptors (Lipinski definition) is 6. The highest BCUT2D eigenvalue weighted by atomic mass is 79.9. The summed E-state index contributed by atoms with van der Waals surface area (Å²) in [6, 6.07) is 9.95. The van der Waals surface area contributed by atoms with Crippen molar-refractivity contribution < 1.29 is 13.3 Å². The van der Waals surface area contributed by atoms with E-state index < -0.39 is 14.9 Å². The first-order valence-corrected chi connectivity index (χ1v) is 14.9. The lowest BCUT2D eigenvalue weighted by molar-refractivity contribution is -0.385. The fourth-order valence-electron chi connectivity index (χ4n) is 4.03. The number of nitrogens with zero attached hydrogens (tertiary/aromatic N) is 4. The molecule has 0 unspecified atom stereocenters. The Balaban J connectivity index is 1.94. The molecule has 8 nitrogen and oxygen atoms in total. The van der Waals surface area contributed by atoms with Crippen molar-refractivity contribution in [3.05, 3.63) is 62.7 Å². The molecule has 0 spiro atoms. The molecule has 1 saturated heterocycles. The van der Waals surface area contributed by atoms with Crippen LogP contribution in [-0.2, 0) is 16.6 Å². The van der Waals surface area contributed by atoms with Crippen LogP contribution < -0.4 is 4.90 Å². The monoisotopic (exact) mass is 646 g/mol. The molecule has 0 radical (unpaired) electrons. The first-order valence-electron chi connectivity index (χ1n) is 10.8. The molecule has 0 aromatic heterocycles. The average Bonchev–Trinajstić information content (AvgIpc) is 2.83. The second-order valence-corrected chi connectivity index (χ2v) is 11.8. The molecule has 12 heteroatoms. The summed E-state index contributed by atoms with van der Waals surface area (Å²) >= 11 is 12.9. The Morgan fingerprint density at radius 3 is 2.31 bits per heavy atom. The molecular weight excluding hydrogens is 624 g/mol. The van der Waals surface area contributed by atoms with Crippen molar-refractivity contribution in [1.29, 1.82) is 0 Å². The molecule has 3 rings (SSSR count). The van der Waals surface area contributed by atoms with Gasteiger partial charge in [-0.1, -0.05) is 61.5 Å². The van der Waals surface area contributed by atoms with Crippen LogP contribution in [0.4, 0.5) is 11.4 Å². The predicted octanol–water partition coefficient (Wildman–Crippen LogP) is 4.33. The zero-order chi connectivity index (χ0) is 25.6. The summed E-state index contributed by atoms with van der Waals surface area (Å²) < 4.78 is 29.0. The van der Waals surface area contributed by atoms with Gasteiger partial charge in [0.25, 0.3) is 5.69 Å². The summed E-state index contributed by atoms with van der Waals surface area (Å²) in [4.78, 5) is 14.8. The van der Waals surface area contributed by atoms with Crippen molar-refractivity contribution in [2.45, 2.75) is 11.4 Å². The van der Waals surface area contributed by atoms with Gasteiger partial charge in [-0.05, 0) is 17.7 Å². The summed E-state index contributed by atoms with van der Waals surface area (Å²) in [6.45, 7) is 3.17. The standard InChI is InChI=1S/C23H25Br2ClN4O4S/c1-2-19-15-21(30(31)32)16-22(23(19)28(8-6-24)9-7-25)35(33,34)29-12-10-27(11-13-29)17-18-4-3-5-20(26)14-18/h1,3-5,14-16H,6-13,17H2. The Labute approximate surface area is 227 Å². The number of alkyl halides is 2. The largest absolute Gasteiger partial charge is 0.368 e. The van der Waals surface area contributed by atoms with Crippen LogP contribution in [-0.4, -0.2) is 72.5 Å². The summed E-state index contributed by atoms with van der Waals surface area (Å²) in [5.41, 5.74) is 1.20. The van der Waals surface area contributed by atoms with Crippen molar-refractivity contribution in [2.24, 2.45) is 0 Å². The third-order valence-electron chi connectivity index (χ3n) is 5.70. The molecule has 1 aliphatic heterocycles. The van der Waals surface area contributed by atoms with Crippen molar-refractivity contribution in [2.75, 3.05) is 54.8 Å². The highest BCUT2D eigenvalue weighted by Crippen LogP contribution is 2.36. The molecule has 0 atom stereocenters. The van der Waals surface area contributed by atoms with Crippen LogP contribution in [0, 0.1) is 22.5 Å². The van der Waals surface area contributed by atoms with Crippen molar-refractivity contribution in [1.82, 2.24) is 9.21 Å². The minimum absolute atomic E-state index is 0.134. The Kier molecular flexibility index (Phi) is 9.98. The fourth-order valence-corrected chi connectivity index (χ4v) is 6.78.